The number of aromatic nitrogens is 1. The van der Waals surface area contributed by atoms with Crippen molar-refractivity contribution in [2.24, 2.45) is 0 Å². The van der Waals surface area contributed by atoms with E-state index in [0.29, 0.717) is 21.6 Å². The summed E-state index contributed by atoms with van der Waals surface area (Å²) in [6.45, 7) is 1.59. The van der Waals surface area contributed by atoms with Crippen LogP contribution >= 0.6 is 35.6 Å². The Hall–Kier alpha value is -1.47. The topological polar surface area (TPSA) is 67.6 Å². The zero-order chi connectivity index (χ0) is 17.8. The summed E-state index contributed by atoms with van der Waals surface area (Å²) in [5.41, 5.74) is 0.284. The van der Waals surface area contributed by atoms with Gasteiger partial charge in [0, 0.05) is 25.2 Å². The number of rotatable bonds is 6. The summed E-state index contributed by atoms with van der Waals surface area (Å²) in [5.74, 6) is 0.691. The van der Waals surface area contributed by atoms with Crippen LogP contribution in [-0.4, -0.2) is 42.1 Å². The molecule has 1 unspecified atom stereocenters. The Morgan fingerprint density at radius 3 is 2.85 bits per heavy atom. The lowest BCUT2D eigenvalue weighted by atomic mass is 10.2. The number of benzene rings is 1. The lowest BCUT2D eigenvalue weighted by Gasteiger charge is -2.23. The molecule has 3 rings (SSSR count). The molecular weight excluding hydrogens is 401 g/mol. The molecular formula is C17H20Cl3N3O3. The molecule has 0 radical (unpaired) electrons. The van der Waals surface area contributed by atoms with Gasteiger partial charge in [0.2, 0.25) is 0 Å². The minimum absolute atomic E-state index is 0. The van der Waals surface area contributed by atoms with E-state index < -0.39 is 0 Å². The Labute approximate surface area is 168 Å². The molecule has 1 aromatic heterocycles. The fourth-order valence-electron chi connectivity index (χ4n) is 2.94. The number of hydrogen-bond acceptors (Lipinski definition) is 5. The van der Waals surface area contributed by atoms with Gasteiger partial charge in [-0.3, -0.25) is 4.79 Å². The van der Waals surface area contributed by atoms with Gasteiger partial charge < -0.3 is 19.5 Å². The van der Waals surface area contributed by atoms with Crippen LogP contribution in [0.5, 0.6) is 5.75 Å². The smallest absolute Gasteiger partial charge is 0.276 e. The summed E-state index contributed by atoms with van der Waals surface area (Å²) in [4.78, 5) is 14.5. The van der Waals surface area contributed by atoms with Crippen LogP contribution in [0.25, 0.3) is 0 Å². The molecule has 0 bridgehead atoms. The van der Waals surface area contributed by atoms with Gasteiger partial charge in [0.25, 0.3) is 5.91 Å². The van der Waals surface area contributed by atoms with E-state index in [2.05, 4.69) is 10.5 Å². The number of likely N-dealkylation sites (N-methyl/N-ethyl adjacent to an activating group) is 1. The van der Waals surface area contributed by atoms with Crippen LogP contribution in [-0.2, 0) is 6.61 Å². The molecule has 0 aliphatic carbocycles. The second-order valence-electron chi connectivity index (χ2n) is 5.87. The average Bonchev–Trinajstić information content (AvgIpc) is 3.24. The molecule has 2 aromatic rings. The number of carbonyl (C=O) groups excluding carboxylic acids is 1. The van der Waals surface area contributed by atoms with Gasteiger partial charge in [-0.15, -0.1) is 12.4 Å². The number of ether oxygens (including phenoxy) is 1. The predicted molar refractivity (Wildman–Crippen MR) is 103 cm³/mol. The van der Waals surface area contributed by atoms with Crippen molar-refractivity contribution >= 4 is 41.5 Å². The van der Waals surface area contributed by atoms with Crippen LogP contribution in [0.1, 0.15) is 29.1 Å². The van der Waals surface area contributed by atoms with Crippen LogP contribution in [0, 0.1) is 0 Å². The van der Waals surface area contributed by atoms with Gasteiger partial charge in [0.15, 0.2) is 17.2 Å². The monoisotopic (exact) mass is 419 g/mol. The van der Waals surface area contributed by atoms with E-state index in [0.717, 1.165) is 25.9 Å². The predicted octanol–water partition coefficient (Wildman–Crippen LogP) is 3.81. The van der Waals surface area contributed by atoms with Crippen LogP contribution in [0.4, 0.5) is 0 Å². The summed E-state index contributed by atoms with van der Waals surface area (Å²) in [5, 5.41) is 7.82. The first kappa shape index (κ1) is 20.8. The average molecular weight is 421 g/mol. The van der Waals surface area contributed by atoms with E-state index in [1.54, 1.807) is 24.3 Å². The largest absolute Gasteiger partial charge is 0.482 e. The fraction of sp³-hybridized carbons (Fsp3) is 0.412. The zero-order valence-electron chi connectivity index (χ0n) is 14.2. The number of nitrogens with one attached hydrogen (secondary N) is 1. The highest BCUT2D eigenvalue weighted by molar-refractivity contribution is 6.37. The van der Waals surface area contributed by atoms with Crippen molar-refractivity contribution < 1.29 is 14.1 Å². The summed E-state index contributed by atoms with van der Waals surface area (Å²) in [7, 11) is 1.88. The second kappa shape index (κ2) is 9.46. The molecule has 6 nitrogen and oxygen atoms in total. The van der Waals surface area contributed by atoms with Crippen LogP contribution in [0.2, 0.25) is 10.0 Å². The Morgan fingerprint density at radius 1 is 1.42 bits per heavy atom. The molecule has 1 N–H and O–H groups in total. The highest BCUT2D eigenvalue weighted by atomic mass is 35.5. The van der Waals surface area contributed by atoms with E-state index >= 15 is 0 Å². The Kier molecular flexibility index (Phi) is 7.58. The molecule has 1 fully saturated rings. The third-order valence-electron chi connectivity index (χ3n) is 4.13. The van der Waals surface area contributed by atoms with Crippen LogP contribution in [0.3, 0.4) is 0 Å². The molecule has 142 valence electrons. The van der Waals surface area contributed by atoms with Gasteiger partial charge in [-0.05, 0) is 32.0 Å². The SMILES string of the molecule is CNCC1CCCN1C(=O)c1cc(COc2c(Cl)cccc2Cl)on1.Cl. The lowest BCUT2D eigenvalue weighted by Crippen LogP contribution is -2.40. The normalized spacial score (nSPS) is 16.4. The molecule has 0 spiro atoms. The first-order valence-electron chi connectivity index (χ1n) is 8.08. The Bertz CT molecular complexity index is 734. The lowest BCUT2D eigenvalue weighted by molar-refractivity contribution is 0.0726. The summed E-state index contributed by atoms with van der Waals surface area (Å²) < 4.78 is 10.8. The molecule has 2 heterocycles. The van der Waals surface area contributed by atoms with E-state index in [1.165, 1.54) is 0 Å². The molecule has 9 heteroatoms. The van der Waals surface area contributed by atoms with Crippen molar-refractivity contribution in [2.75, 3.05) is 20.1 Å². The highest BCUT2D eigenvalue weighted by Crippen LogP contribution is 2.33. The molecule has 1 aromatic carbocycles. The number of amides is 1. The van der Waals surface area contributed by atoms with Crippen molar-refractivity contribution in [3.8, 4) is 5.75 Å². The minimum Gasteiger partial charge on any atom is -0.482 e. The summed E-state index contributed by atoms with van der Waals surface area (Å²) in [6, 6.07) is 6.90. The van der Waals surface area contributed by atoms with Crippen molar-refractivity contribution in [1.82, 2.24) is 15.4 Å². The molecule has 0 saturated carbocycles. The summed E-state index contributed by atoms with van der Waals surface area (Å²) in [6.07, 6.45) is 1.99. The van der Waals surface area contributed by atoms with Crippen LogP contribution < -0.4 is 10.1 Å². The van der Waals surface area contributed by atoms with E-state index in [9.17, 15) is 4.79 Å². The third-order valence-corrected chi connectivity index (χ3v) is 4.73. The summed E-state index contributed by atoms with van der Waals surface area (Å²) >= 11 is 12.1. The maximum Gasteiger partial charge on any atom is 0.276 e. The maximum absolute atomic E-state index is 12.6. The van der Waals surface area contributed by atoms with Gasteiger partial charge in [0.05, 0.1) is 10.0 Å². The Balaban J connectivity index is 0.00000243. The van der Waals surface area contributed by atoms with Gasteiger partial charge in [-0.2, -0.15) is 0 Å². The standard InChI is InChI=1S/C17H19Cl2N3O3.ClH/c1-20-9-11-4-3-7-22(11)17(23)15-8-12(25-21-15)10-24-16-13(18)5-2-6-14(16)19;/h2,5-6,8,11,20H,3-4,7,9-10H2,1H3;1H. The van der Waals surface area contributed by atoms with Gasteiger partial charge in [-0.1, -0.05) is 34.4 Å². The fourth-order valence-corrected chi connectivity index (χ4v) is 3.45. The van der Waals surface area contributed by atoms with E-state index in [1.807, 2.05) is 11.9 Å². The van der Waals surface area contributed by atoms with E-state index in [-0.39, 0.29) is 36.7 Å². The molecule has 1 saturated heterocycles. The van der Waals surface area contributed by atoms with Crippen LogP contribution in [0.15, 0.2) is 28.8 Å². The molecule has 1 atom stereocenters. The number of halogens is 3. The number of likely N-dealkylation sites (tertiary alicyclic amines) is 1. The quantitative estimate of drug-likeness (QED) is 0.770. The first-order chi connectivity index (χ1) is 12.1. The Morgan fingerprint density at radius 2 is 2.15 bits per heavy atom. The maximum atomic E-state index is 12.6. The zero-order valence-corrected chi connectivity index (χ0v) is 16.5. The van der Waals surface area contributed by atoms with Crippen molar-refractivity contribution in [3.63, 3.8) is 0 Å². The number of para-hydroxylation sites is 1. The third kappa shape index (κ3) is 4.62. The van der Waals surface area contributed by atoms with Crippen molar-refractivity contribution in [2.45, 2.75) is 25.5 Å². The molecule has 1 amide bonds. The second-order valence-corrected chi connectivity index (χ2v) is 6.68. The first-order valence-corrected chi connectivity index (χ1v) is 8.83. The van der Waals surface area contributed by atoms with Gasteiger partial charge in [0.1, 0.15) is 6.61 Å². The minimum atomic E-state index is -0.122. The number of hydrogen-bond donors (Lipinski definition) is 1. The molecule has 1 aliphatic rings. The van der Waals surface area contributed by atoms with Gasteiger partial charge in [-0.25, -0.2) is 0 Å². The van der Waals surface area contributed by atoms with Crippen molar-refractivity contribution in [3.05, 3.63) is 45.8 Å². The number of nitrogens with zero attached hydrogens (tertiary/aromatic N) is 2. The highest BCUT2D eigenvalue weighted by Gasteiger charge is 2.30. The molecule has 1 aliphatic heterocycles. The van der Waals surface area contributed by atoms with Gasteiger partial charge >= 0.3 is 0 Å². The van der Waals surface area contributed by atoms with Crippen molar-refractivity contribution in [1.29, 1.82) is 0 Å². The molecule has 26 heavy (non-hydrogen) atoms. The van der Waals surface area contributed by atoms with E-state index in [4.69, 9.17) is 32.5 Å². The number of carbonyl (C=O) groups is 1.